The lowest BCUT2D eigenvalue weighted by atomic mass is 10.1. The van der Waals surface area contributed by atoms with Gasteiger partial charge in [0.15, 0.2) is 0 Å². The van der Waals surface area contributed by atoms with Crippen LogP contribution < -0.4 is 15.4 Å². The van der Waals surface area contributed by atoms with Gasteiger partial charge in [0.25, 0.3) is 0 Å². The number of sulfonamides is 1. The molecular weight excluding hydrogens is 442 g/mol. The fraction of sp³-hybridized carbons (Fsp3) is 0.391. The smallest absolute Gasteiger partial charge is 0.317 e. The molecule has 2 aromatic carbocycles. The second-order valence-electron chi connectivity index (χ2n) is 8.01. The van der Waals surface area contributed by atoms with Gasteiger partial charge < -0.3 is 15.5 Å². The van der Waals surface area contributed by atoms with Gasteiger partial charge in [-0.25, -0.2) is 13.2 Å². The molecule has 0 saturated carbocycles. The molecule has 0 spiro atoms. The Bertz CT molecular complexity index is 1080. The zero-order valence-corrected chi connectivity index (χ0v) is 19.8. The quantitative estimate of drug-likeness (QED) is 0.544. The highest BCUT2D eigenvalue weighted by Crippen LogP contribution is 2.17. The van der Waals surface area contributed by atoms with Gasteiger partial charge in [0.05, 0.1) is 18.5 Å². The Hall–Kier alpha value is -3.11. The van der Waals surface area contributed by atoms with Crippen molar-refractivity contribution in [3.05, 3.63) is 59.7 Å². The van der Waals surface area contributed by atoms with Crippen LogP contribution in [-0.2, 0) is 27.8 Å². The maximum atomic E-state index is 12.6. The van der Waals surface area contributed by atoms with Crippen molar-refractivity contribution in [3.8, 4) is 0 Å². The molecule has 3 N–H and O–H groups in total. The van der Waals surface area contributed by atoms with Crippen LogP contribution in [0.25, 0.3) is 0 Å². The lowest BCUT2D eigenvalue weighted by Gasteiger charge is -2.34. The Morgan fingerprint density at radius 2 is 1.52 bits per heavy atom. The average Bonchev–Trinajstić information content (AvgIpc) is 2.78. The third-order valence-electron chi connectivity index (χ3n) is 5.44. The van der Waals surface area contributed by atoms with Crippen LogP contribution in [0.3, 0.4) is 0 Å². The minimum atomic E-state index is -3.41. The second kappa shape index (κ2) is 11.2. The van der Waals surface area contributed by atoms with E-state index in [2.05, 4.69) is 22.3 Å². The maximum Gasteiger partial charge on any atom is 0.317 e. The van der Waals surface area contributed by atoms with Crippen molar-refractivity contribution in [2.24, 2.45) is 0 Å². The number of carbonyl (C=O) groups excluding carboxylic acids is 2. The number of nitrogens with zero attached hydrogens (tertiary/aromatic N) is 2. The summed E-state index contributed by atoms with van der Waals surface area (Å²) in [6, 6.07) is 14.5. The van der Waals surface area contributed by atoms with Crippen LogP contribution in [0, 0.1) is 0 Å². The summed E-state index contributed by atoms with van der Waals surface area (Å²) in [4.78, 5) is 28.8. The van der Waals surface area contributed by atoms with E-state index in [0.717, 1.165) is 23.9 Å². The molecule has 2 aromatic rings. The predicted molar refractivity (Wildman–Crippen MR) is 130 cm³/mol. The van der Waals surface area contributed by atoms with E-state index < -0.39 is 10.0 Å². The van der Waals surface area contributed by atoms with Gasteiger partial charge in [0, 0.05) is 38.4 Å². The van der Waals surface area contributed by atoms with E-state index in [1.807, 2.05) is 29.2 Å². The molecule has 0 atom stereocenters. The number of rotatable bonds is 8. The van der Waals surface area contributed by atoms with Crippen molar-refractivity contribution in [3.63, 3.8) is 0 Å². The molecule has 3 amide bonds. The third-order valence-corrected chi connectivity index (χ3v) is 6.03. The van der Waals surface area contributed by atoms with Crippen molar-refractivity contribution >= 4 is 33.3 Å². The number of aryl methyl sites for hydroxylation is 1. The highest BCUT2D eigenvalue weighted by molar-refractivity contribution is 7.92. The molecule has 178 valence electrons. The predicted octanol–water partition coefficient (Wildman–Crippen LogP) is 2.09. The van der Waals surface area contributed by atoms with Crippen LogP contribution in [0.2, 0.25) is 0 Å². The highest BCUT2D eigenvalue weighted by Gasteiger charge is 2.22. The topological polar surface area (TPSA) is 111 Å². The molecule has 3 rings (SSSR count). The first kappa shape index (κ1) is 24.5. The Labute approximate surface area is 195 Å². The van der Waals surface area contributed by atoms with Crippen molar-refractivity contribution < 1.29 is 18.0 Å². The molecule has 0 bridgehead atoms. The average molecular weight is 474 g/mol. The SMILES string of the molecule is CCc1ccccc1NC(=O)CN1CCN(C(=O)NCc2ccccc2NS(C)(=O)=O)CC1. The molecule has 1 aliphatic rings. The zero-order valence-electron chi connectivity index (χ0n) is 19.0. The van der Waals surface area contributed by atoms with Crippen LogP contribution in [0.5, 0.6) is 0 Å². The van der Waals surface area contributed by atoms with Gasteiger partial charge in [-0.3, -0.25) is 14.4 Å². The molecule has 0 aromatic heterocycles. The number of para-hydroxylation sites is 2. The summed E-state index contributed by atoms with van der Waals surface area (Å²) >= 11 is 0. The Kier molecular flexibility index (Phi) is 8.29. The van der Waals surface area contributed by atoms with E-state index in [9.17, 15) is 18.0 Å². The molecule has 33 heavy (non-hydrogen) atoms. The van der Waals surface area contributed by atoms with E-state index in [1.54, 1.807) is 29.2 Å². The molecular formula is C23H31N5O4S. The van der Waals surface area contributed by atoms with Gasteiger partial charge in [-0.05, 0) is 29.7 Å². The van der Waals surface area contributed by atoms with E-state index >= 15 is 0 Å². The molecule has 0 unspecified atom stereocenters. The second-order valence-corrected chi connectivity index (χ2v) is 9.76. The van der Waals surface area contributed by atoms with Crippen molar-refractivity contribution in [1.82, 2.24) is 15.1 Å². The standard InChI is InChI=1S/C23H31N5O4S/c1-3-18-8-4-6-10-20(18)25-22(29)17-27-12-14-28(15-13-27)23(30)24-16-19-9-5-7-11-21(19)26-33(2,31)32/h4-11,26H,3,12-17H2,1-2H3,(H,24,30)(H,25,29). The Balaban J connectivity index is 1.45. The van der Waals surface area contributed by atoms with Gasteiger partial charge in [0.2, 0.25) is 15.9 Å². The molecule has 1 saturated heterocycles. The summed E-state index contributed by atoms with van der Waals surface area (Å²) in [6.07, 6.45) is 1.93. The number of benzene rings is 2. The van der Waals surface area contributed by atoms with E-state index in [0.29, 0.717) is 37.4 Å². The third kappa shape index (κ3) is 7.47. The number of hydrogen-bond acceptors (Lipinski definition) is 5. The number of piperazine rings is 1. The summed E-state index contributed by atoms with van der Waals surface area (Å²) in [5, 5.41) is 5.83. The number of anilines is 2. The number of amides is 3. The lowest BCUT2D eigenvalue weighted by molar-refractivity contribution is -0.117. The lowest BCUT2D eigenvalue weighted by Crippen LogP contribution is -2.52. The summed E-state index contributed by atoms with van der Waals surface area (Å²) in [7, 11) is -3.41. The van der Waals surface area contributed by atoms with Crippen LogP contribution >= 0.6 is 0 Å². The number of urea groups is 1. The number of carbonyl (C=O) groups is 2. The monoisotopic (exact) mass is 473 g/mol. The van der Waals surface area contributed by atoms with Crippen LogP contribution in [0.4, 0.5) is 16.2 Å². The van der Waals surface area contributed by atoms with Gasteiger partial charge in [-0.2, -0.15) is 0 Å². The first-order valence-corrected chi connectivity index (χ1v) is 12.8. The van der Waals surface area contributed by atoms with E-state index in [-0.39, 0.29) is 25.0 Å². The van der Waals surface area contributed by atoms with Crippen molar-refractivity contribution in [1.29, 1.82) is 0 Å². The van der Waals surface area contributed by atoms with Crippen LogP contribution in [0.1, 0.15) is 18.1 Å². The van der Waals surface area contributed by atoms with Gasteiger partial charge >= 0.3 is 6.03 Å². The van der Waals surface area contributed by atoms with Crippen LogP contribution in [-0.4, -0.2) is 69.1 Å². The summed E-state index contributed by atoms with van der Waals surface area (Å²) in [5.74, 6) is -0.0659. The number of hydrogen-bond donors (Lipinski definition) is 3. The first-order chi connectivity index (χ1) is 15.7. The number of nitrogens with one attached hydrogen (secondary N) is 3. The normalized spacial score (nSPS) is 14.5. The Morgan fingerprint density at radius 1 is 0.909 bits per heavy atom. The molecule has 9 nitrogen and oxygen atoms in total. The first-order valence-electron chi connectivity index (χ1n) is 10.9. The highest BCUT2D eigenvalue weighted by atomic mass is 32.2. The fourth-order valence-electron chi connectivity index (χ4n) is 3.71. The van der Waals surface area contributed by atoms with E-state index in [4.69, 9.17) is 0 Å². The molecule has 1 aliphatic heterocycles. The zero-order chi connectivity index (χ0) is 23.8. The minimum absolute atomic E-state index is 0.0659. The van der Waals surface area contributed by atoms with Gasteiger partial charge in [-0.15, -0.1) is 0 Å². The van der Waals surface area contributed by atoms with Crippen molar-refractivity contribution in [2.75, 3.05) is 49.0 Å². The molecule has 1 fully saturated rings. The fourth-order valence-corrected chi connectivity index (χ4v) is 4.31. The summed E-state index contributed by atoms with van der Waals surface area (Å²) in [6.45, 7) is 4.75. The van der Waals surface area contributed by atoms with Crippen molar-refractivity contribution in [2.45, 2.75) is 19.9 Å². The molecule has 0 radical (unpaired) electrons. The van der Waals surface area contributed by atoms with Crippen LogP contribution in [0.15, 0.2) is 48.5 Å². The summed E-state index contributed by atoms with van der Waals surface area (Å²) < 4.78 is 25.5. The molecule has 10 heteroatoms. The molecule has 1 heterocycles. The largest absolute Gasteiger partial charge is 0.334 e. The van der Waals surface area contributed by atoms with Gasteiger partial charge in [-0.1, -0.05) is 43.3 Å². The van der Waals surface area contributed by atoms with E-state index in [1.165, 1.54) is 0 Å². The molecule has 0 aliphatic carbocycles. The maximum absolute atomic E-state index is 12.6. The van der Waals surface area contributed by atoms with Gasteiger partial charge in [0.1, 0.15) is 0 Å². The summed E-state index contributed by atoms with van der Waals surface area (Å²) in [5.41, 5.74) is 3.06. The minimum Gasteiger partial charge on any atom is -0.334 e. The Morgan fingerprint density at radius 3 is 2.15 bits per heavy atom.